The summed E-state index contributed by atoms with van der Waals surface area (Å²) < 4.78 is 0. The Morgan fingerprint density at radius 1 is 1.27 bits per heavy atom. The smallest absolute Gasteiger partial charge is 0.0439 e. The van der Waals surface area contributed by atoms with Gasteiger partial charge in [-0.2, -0.15) is 0 Å². The van der Waals surface area contributed by atoms with E-state index in [0.717, 1.165) is 5.56 Å². The minimum absolute atomic E-state index is 0.0951. The highest BCUT2D eigenvalue weighted by atomic mass is 35.5. The van der Waals surface area contributed by atoms with Crippen LogP contribution in [0.2, 0.25) is 10.0 Å². The van der Waals surface area contributed by atoms with Gasteiger partial charge in [0, 0.05) is 28.6 Å². The third-order valence-corrected chi connectivity index (χ3v) is 3.11. The van der Waals surface area contributed by atoms with Crippen molar-refractivity contribution in [2.45, 2.75) is 18.8 Å². The summed E-state index contributed by atoms with van der Waals surface area (Å²) in [5, 5.41) is 10.2. The molecule has 0 saturated carbocycles. The third kappa shape index (κ3) is 3.08. The Balaban J connectivity index is 3.11. The molecule has 0 aliphatic rings. The zero-order valence-electron chi connectivity index (χ0n) is 8.63. The van der Waals surface area contributed by atoms with Gasteiger partial charge >= 0.3 is 0 Å². The molecule has 3 N–H and O–H groups in total. The van der Waals surface area contributed by atoms with E-state index in [2.05, 4.69) is 0 Å². The summed E-state index contributed by atoms with van der Waals surface area (Å²) in [6.07, 6.45) is 0.597. The van der Waals surface area contributed by atoms with Gasteiger partial charge in [-0.25, -0.2) is 0 Å². The maximum Gasteiger partial charge on any atom is 0.0439 e. The Hall–Kier alpha value is -0.280. The van der Waals surface area contributed by atoms with Gasteiger partial charge in [0.15, 0.2) is 0 Å². The highest BCUT2D eigenvalue weighted by molar-refractivity contribution is 6.34. The molecule has 84 valence electrons. The van der Waals surface area contributed by atoms with Gasteiger partial charge in [0.2, 0.25) is 0 Å². The van der Waals surface area contributed by atoms with Crippen LogP contribution < -0.4 is 5.73 Å². The molecule has 0 aromatic heterocycles. The molecule has 1 rings (SSSR count). The number of hydrogen-bond acceptors (Lipinski definition) is 2. The van der Waals surface area contributed by atoms with Gasteiger partial charge in [0.1, 0.15) is 0 Å². The number of hydrogen-bond donors (Lipinski definition) is 2. The lowest BCUT2D eigenvalue weighted by molar-refractivity contribution is 0.247. The lowest BCUT2D eigenvalue weighted by Gasteiger charge is -2.28. The summed E-state index contributed by atoms with van der Waals surface area (Å²) in [5.74, 6) is 0. The van der Waals surface area contributed by atoms with Gasteiger partial charge in [-0.3, -0.25) is 0 Å². The van der Waals surface area contributed by atoms with Gasteiger partial charge in [-0.1, -0.05) is 30.1 Å². The molecule has 0 aliphatic carbocycles. The van der Waals surface area contributed by atoms with Crippen LogP contribution in [0.5, 0.6) is 0 Å². The van der Waals surface area contributed by atoms with Gasteiger partial charge in [0.05, 0.1) is 0 Å². The average molecular weight is 248 g/mol. The second kappa shape index (κ2) is 5.17. The predicted octanol–water partition coefficient (Wildman–Crippen LogP) is 2.59. The maximum atomic E-state index is 9.01. The van der Waals surface area contributed by atoms with Crippen molar-refractivity contribution in [3.63, 3.8) is 0 Å². The predicted molar refractivity (Wildman–Crippen MR) is 64.6 cm³/mol. The van der Waals surface area contributed by atoms with Crippen molar-refractivity contribution >= 4 is 23.2 Å². The fraction of sp³-hybridized carbons (Fsp3) is 0.455. The molecule has 0 bridgehead atoms. The molecule has 1 aromatic carbocycles. The van der Waals surface area contributed by atoms with Crippen LogP contribution in [-0.2, 0) is 5.41 Å². The van der Waals surface area contributed by atoms with Gasteiger partial charge in [0.25, 0.3) is 0 Å². The molecular weight excluding hydrogens is 233 g/mol. The molecule has 1 atom stereocenters. The molecule has 1 unspecified atom stereocenters. The standard InChI is InChI=1S/C11H15Cl2NO/c1-11(7-14,2-3-15)8-4-9(12)6-10(13)5-8/h4-6,15H,2-3,7,14H2,1H3. The fourth-order valence-corrected chi connectivity index (χ4v) is 2.04. The van der Waals surface area contributed by atoms with Crippen molar-refractivity contribution < 1.29 is 5.11 Å². The lowest BCUT2D eigenvalue weighted by atomic mass is 9.80. The average Bonchev–Trinajstić information content (AvgIpc) is 2.16. The Kier molecular flexibility index (Phi) is 4.41. The molecule has 1 aromatic rings. The van der Waals surface area contributed by atoms with Crippen LogP contribution >= 0.6 is 23.2 Å². The SMILES string of the molecule is CC(CN)(CCO)c1cc(Cl)cc(Cl)c1. The Morgan fingerprint density at radius 2 is 1.80 bits per heavy atom. The van der Waals surface area contributed by atoms with Crippen LogP contribution in [0, 0.1) is 0 Å². The summed E-state index contributed by atoms with van der Waals surface area (Å²) in [6.45, 7) is 2.53. The second-order valence-corrected chi connectivity index (χ2v) is 4.77. The Bertz CT molecular complexity index is 323. The van der Waals surface area contributed by atoms with Crippen molar-refractivity contribution in [2.75, 3.05) is 13.2 Å². The number of benzene rings is 1. The van der Waals surface area contributed by atoms with E-state index >= 15 is 0 Å². The molecule has 0 aliphatic heterocycles. The minimum atomic E-state index is -0.275. The number of aliphatic hydroxyl groups is 1. The highest BCUT2D eigenvalue weighted by Crippen LogP contribution is 2.30. The fourth-order valence-electron chi connectivity index (χ4n) is 1.51. The van der Waals surface area contributed by atoms with Crippen LogP contribution in [0.25, 0.3) is 0 Å². The first-order valence-corrected chi connectivity index (χ1v) is 5.55. The number of halogens is 2. The first-order valence-electron chi connectivity index (χ1n) is 4.79. The minimum Gasteiger partial charge on any atom is -0.396 e. The number of nitrogens with two attached hydrogens (primary N) is 1. The van der Waals surface area contributed by atoms with Crippen LogP contribution in [-0.4, -0.2) is 18.3 Å². The van der Waals surface area contributed by atoms with Crippen molar-refractivity contribution in [1.29, 1.82) is 0 Å². The van der Waals surface area contributed by atoms with Gasteiger partial charge in [-0.15, -0.1) is 0 Å². The van der Waals surface area contributed by atoms with Crippen molar-refractivity contribution in [1.82, 2.24) is 0 Å². The third-order valence-electron chi connectivity index (χ3n) is 2.67. The summed E-state index contributed by atoms with van der Waals surface area (Å²) in [6, 6.07) is 5.37. The van der Waals surface area contributed by atoms with E-state index in [4.69, 9.17) is 34.0 Å². The summed E-state index contributed by atoms with van der Waals surface area (Å²) in [7, 11) is 0. The Morgan fingerprint density at radius 3 is 2.20 bits per heavy atom. The molecule has 0 heterocycles. The van der Waals surface area contributed by atoms with E-state index in [1.54, 1.807) is 6.07 Å². The van der Waals surface area contributed by atoms with E-state index in [-0.39, 0.29) is 12.0 Å². The molecule has 0 fully saturated rings. The quantitative estimate of drug-likeness (QED) is 0.860. The van der Waals surface area contributed by atoms with Gasteiger partial charge < -0.3 is 10.8 Å². The summed E-state index contributed by atoms with van der Waals surface area (Å²) in [5.41, 5.74) is 6.42. The largest absolute Gasteiger partial charge is 0.396 e. The zero-order chi connectivity index (χ0) is 11.5. The van der Waals surface area contributed by atoms with E-state index in [0.29, 0.717) is 23.0 Å². The number of aliphatic hydroxyl groups excluding tert-OH is 1. The summed E-state index contributed by atoms with van der Waals surface area (Å²) in [4.78, 5) is 0. The molecule has 15 heavy (non-hydrogen) atoms. The van der Waals surface area contributed by atoms with E-state index in [9.17, 15) is 0 Å². The van der Waals surface area contributed by atoms with E-state index < -0.39 is 0 Å². The first kappa shape index (κ1) is 12.8. The molecule has 4 heteroatoms. The van der Waals surface area contributed by atoms with Crippen LogP contribution in [0.4, 0.5) is 0 Å². The number of rotatable bonds is 4. The molecule has 0 saturated heterocycles. The van der Waals surface area contributed by atoms with Crippen molar-refractivity contribution in [3.05, 3.63) is 33.8 Å². The van der Waals surface area contributed by atoms with Crippen LogP contribution in [0.1, 0.15) is 18.9 Å². The van der Waals surface area contributed by atoms with Crippen molar-refractivity contribution in [2.24, 2.45) is 5.73 Å². The normalized spacial score (nSPS) is 15.0. The molecule has 2 nitrogen and oxygen atoms in total. The topological polar surface area (TPSA) is 46.2 Å². The lowest BCUT2D eigenvalue weighted by Crippen LogP contribution is -2.32. The van der Waals surface area contributed by atoms with Crippen LogP contribution in [0.15, 0.2) is 18.2 Å². The van der Waals surface area contributed by atoms with E-state index in [1.165, 1.54) is 0 Å². The first-order chi connectivity index (χ1) is 7.01. The van der Waals surface area contributed by atoms with Crippen LogP contribution in [0.3, 0.4) is 0 Å². The monoisotopic (exact) mass is 247 g/mol. The molecule has 0 radical (unpaired) electrons. The molecule has 0 amide bonds. The maximum absolute atomic E-state index is 9.01. The summed E-state index contributed by atoms with van der Waals surface area (Å²) >= 11 is 11.9. The molecular formula is C11H15Cl2NO. The second-order valence-electron chi connectivity index (χ2n) is 3.90. The van der Waals surface area contributed by atoms with Gasteiger partial charge in [-0.05, 0) is 30.2 Å². The van der Waals surface area contributed by atoms with E-state index in [1.807, 2.05) is 19.1 Å². The highest BCUT2D eigenvalue weighted by Gasteiger charge is 2.25. The van der Waals surface area contributed by atoms with Crippen molar-refractivity contribution in [3.8, 4) is 0 Å². The zero-order valence-corrected chi connectivity index (χ0v) is 10.1. The Labute approximate surface area is 100.0 Å². The molecule has 0 spiro atoms.